The highest BCUT2D eigenvalue weighted by Crippen LogP contribution is 1.97. The van der Waals surface area contributed by atoms with Crippen LogP contribution in [0.2, 0.25) is 0 Å². The maximum absolute atomic E-state index is 11.3. The highest BCUT2D eigenvalue weighted by atomic mass is 16.5. The Kier molecular flexibility index (Phi) is 5.49. The Balaban J connectivity index is 2.08. The van der Waals surface area contributed by atoms with Crippen molar-refractivity contribution in [1.82, 2.24) is 15.5 Å². The van der Waals surface area contributed by atoms with Crippen molar-refractivity contribution < 1.29 is 14.4 Å². The molecule has 0 spiro atoms. The van der Waals surface area contributed by atoms with E-state index in [1.807, 2.05) is 0 Å². The van der Waals surface area contributed by atoms with E-state index in [4.69, 9.17) is 9.63 Å². The Hall–Kier alpha value is -1.43. The van der Waals surface area contributed by atoms with Crippen LogP contribution in [-0.4, -0.2) is 34.3 Å². The normalized spacial score (nSPS) is 10.4. The maximum atomic E-state index is 11.3. The van der Waals surface area contributed by atoms with Gasteiger partial charge in [0.1, 0.15) is 0 Å². The molecule has 6 heteroatoms. The summed E-state index contributed by atoms with van der Waals surface area (Å²) >= 11 is 0. The zero-order chi connectivity index (χ0) is 11.8. The maximum Gasteiger partial charge on any atom is 0.228 e. The number of nitrogens with zero attached hydrogens (tertiary/aromatic N) is 2. The standard InChI is InChI=1S/C10H17N3O3/c1-8-12-10(16-13-8)5-6-11-9(15)4-2-3-7-14/h14H,2-7H2,1H3,(H,11,15). The summed E-state index contributed by atoms with van der Waals surface area (Å²) in [5.41, 5.74) is 0. The molecular formula is C10H17N3O3. The number of aromatic nitrogens is 2. The molecule has 1 rings (SSSR count). The van der Waals surface area contributed by atoms with E-state index < -0.39 is 0 Å². The Labute approximate surface area is 94.0 Å². The van der Waals surface area contributed by atoms with Crippen molar-refractivity contribution in [2.75, 3.05) is 13.2 Å². The number of nitrogens with one attached hydrogen (secondary N) is 1. The number of rotatable bonds is 7. The minimum absolute atomic E-state index is 0.00955. The molecule has 2 N–H and O–H groups in total. The van der Waals surface area contributed by atoms with Gasteiger partial charge in [-0.15, -0.1) is 0 Å². The molecule has 0 bridgehead atoms. The zero-order valence-electron chi connectivity index (χ0n) is 9.40. The predicted octanol–water partition coefficient (Wildman–Crippen LogP) is 0.199. The van der Waals surface area contributed by atoms with Crippen LogP contribution in [0.1, 0.15) is 31.0 Å². The molecule has 90 valence electrons. The first kappa shape index (κ1) is 12.6. The summed E-state index contributed by atoms with van der Waals surface area (Å²) in [6.07, 6.45) is 2.37. The number of carbonyl (C=O) groups excluding carboxylic acids is 1. The second kappa shape index (κ2) is 6.95. The molecule has 1 heterocycles. The molecular weight excluding hydrogens is 210 g/mol. The van der Waals surface area contributed by atoms with Crippen LogP contribution in [0.15, 0.2) is 4.52 Å². The van der Waals surface area contributed by atoms with Crippen LogP contribution in [0, 0.1) is 6.92 Å². The second-order valence-electron chi connectivity index (χ2n) is 3.52. The monoisotopic (exact) mass is 227 g/mol. The van der Waals surface area contributed by atoms with E-state index in [9.17, 15) is 4.79 Å². The lowest BCUT2D eigenvalue weighted by Gasteiger charge is -2.02. The zero-order valence-corrected chi connectivity index (χ0v) is 9.40. The highest BCUT2D eigenvalue weighted by Gasteiger charge is 2.04. The highest BCUT2D eigenvalue weighted by molar-refractivity contribution is 5.75. The molecule has 0 aromatic carbocycles. The fourth-order valence-corrected chi connectivity index (χ4v) is 1.24. The number of carbonyl (C=O) groups is 1. The largest absolute Gasteiger partial charge is 0.396 e. The van der Waals surface area contributed by atoms with Crippen molar-refractivity contribution in [3.8, 4) is 0 Å². The lowest BCUT2D eigenvalue weighted by molar-refractivity contribution is -0.121. The Bertz CT molecular complexity index is 325. The number of hydrogen-bond donors (Lipinski definition) is 2. The summed E-state index contributed by atoms with van der Waals surface area (Å²) in [7, 11) is 0. The van der Waals surface area contributed by atoms with Gasteiger partial charge in [0.05, 0.1) is 0 Å². The number of amides is 1. The minimum atomic E-state index is -0.00955. The van der Waals surface area contributed by atoms with Gasteiger partial charge in [-0.1, -0.05) is 5.16 Å². The van der Waals surface area contributed by atoms with Crippen molar-refractivity contribution in [2.24, 2.45) is 0 Å². The smallest absolute Gasteiger partial charge is 0.228 e. The van der Waals surface area contributed by atoms with Crippen LogP contribution in [-0.2, 0) is 11.2 Å². The predicted molar refractivity (Wildman–Crippen MR) is 56.7 cm³/mol. The molecule has 0 saturated heterocycles. The average molecular weight is 227 g/mol. The number of aliphatic hydroxyl groups is 1. The van der Waals surface area contributed by atoms with Gasteiger partial charge in [-0.25, -0.2) is 0 Å². The van der Waals surface area contributed by atoms with Crippen LogP contribution in [0.5, 0.6) is 0 Å². The van der Waals surface area contributed by atoms with E-state index in [2.05, 4.69) is 15.5 Å². The van der Waals surface area contributed by atoms with Crippen molar-refractivity contribution >= 4 is 5.91 Å². The first-order chi connectivity index (χ1) is 7.72. The molecule has 1 aromatic heterocycles. The van der Waals surface area contributed by atoms with Gasteiger partial charge < -0.3 is 14.9 Å². The third-order valence-corrected chi connectivity index (χ3v) is 2.04. The third kappa shape index (κ3) is 4.88. The third-order valence-electron chi connectivity index (χ3n) is 2.04. The Morgan fingerprint density at radius 2 is 2.31 bits per heavy atom. The summed E-state index contributed by atoms with van der Waals surface area (Å²) in [5, 5.41) is 14.9. The first-order valence-electron chi connectivity index (χ1n) is 5.39. The van der Waals surface area contributed by atoms with E-state index in [1.165, 1.54) is 0 Å². The quantitative estimate of drug-likeness (QED) is 0.649. The van der Waals surface area contributed by atoms with Crippen molar-refractivity contribution in [2.45, 2.75) is 32.6 Å². The fraction of sp³-hybridized carbons (Fsp3) is 0.700. The SMILES string of the molecule is Cc1noc(CCNC(=O)CCCCO)n1. The number of hydrogen-bond acceptors (Lipinski definition) is 5. The Morgan fingerprint density at radius 3 is 2.94 bits per heavy atom. The van der Waals surface area contributed by atoms with Gasteiger partial charge in [-0.3, -0.25) is 4.79 Å². The number of aryl methyl sites for hydroxylation is 1. The Morgan fingerprint density at radius 1 is 1.50 bits per heavy atom. The summed E-state index contributed by atoms with van der Waals surface area (Å²) < 4.78 is 4.90. The molecule has 6 nitrogen and oxygen atoms in total. The molecule has 0 unspecified atom stereocenters. The molecule has 0 saturated carbocycles. The summed E-state index contributed by atoms with van der Waals surface area (Å²) in [6.45, 7) is 2.38. The lowest BCUT2D eigenvalue weighted by Crippen LogP contribution is -2.25. The van der Waals surface area contributed by atoms with Crippen LogP contribution in [0.3, 0.4) is 0 Å². The van der Waals surface area contributed by atoms with Gasteiger partial charge in [0.15, 0.2) is 5.82 Å². The molecule has 0 atom stereocenters. The van der Waals surface area contributed by atoms with Gasteiger partial charge in [0.25, 0.3) is 0 Å². The molecule has 16 heavy (non-hydrogen) atoms. The summed E-state index contributed by atoms with van der Waals surface area (Å²) in [4.78, 5) is 15.3. The molecule has 1 amide bonds. The van der Waals surface area contributed by atoms with Gasteiger partial charge >= 0.3 is 0 Å². The lowest BCUT2D eigenvalue weighted by atomic mass is 10.2. The number of unbranched alkanes of at least 4 members (excludes halogenated alkanes) is 1. The van der Waals surface area contributed by atoms with Crippen LogP contribution in [0.4, 0.5) is 0 Å². The van der Waals surface area contributed by atoms with E-state index in [0.29, 0.717) is 43.9 Å². The van der Waals surface area contributed by atoms with Gasteiger partial charge in [0.2, 0.25) is 11.8 Å². The molecule has 0 fully saturated rings. The van der Waals surface area contributed by atoms with Gasteiger partial charge in [0, 0.05) is 26.0 Å². The summed E-state index contributed by atoms with van der Waals surface area (Å²) in [5.74, 6) is 1.13. The van der Waals surface area contributed by atoms with E-state index in [0.717, 1.165) is 0 Å². The van der Waals surface area contributed by atoms with Crippen LogP contribution in [0.25, 0.3) is 0 Å². The molecule has 0 aliphatic carbocycles. The fourth-order valence-electron chi connectivity index (χ4n) is 1.24. The van der Waals surface area contributed by atoms with E-state index >= 15 is 0 Å². The van der Waals surface area contributed by atoms with Gasteiger partial charge in [-0.05, 0) is 19.8 Å². The van der Waals surface area contributed by atoms with Crippen molar-refractivity contribution in [3.05, 3.63) is 11.7 Å². The summed E-state index contributed by atoms with van der Waals surface area (Å²) in [6, 6.07) is 0. The van der Waals surface area contributed by atoms with Crippen molar-refractivity contribution in [1.29, 1.82) is 0 Å². The van der Waals surface area contributed by atoms with Gasteiger partial charge in [-0.2, -0.15) is 4.98 Å². The van der Waals surface area contributed by atoms with E-state index in [1.54, 1.807) is 6.92 Å². The molecule has 0 aliphatic rings. The van der Waals surface area contributed by atoms with Crippen LogP contribution < -0.4 is 5.32 Å². The molecule has 1 aromatic rings. The molecule has 0 radical (unpaired) electrons. The topological polar surface area (TPSA) is 88.2 Å². The minimum Gasteiger partial charge on any atom is -0.396 e. The molecule has 0 aliphatic heterocycles. The second-order valence-corrected chi connectivity index (χ2v) is 3.52. The van der Waals surface area contributed by atoms with Crippen LogP contribution >= 0.6 is 0 Å². The average Bonchev–Trinajstić information content (AvgIpc) is 2.65. The number of aliphatic hydroxyl groups excluding tert-OH is 1. The first-order valence-corrected chi connectivity index (χ1v) is 5.39. The van der Waals surface area contributed by atoms with Crippen molar-refractivity contribution in [3.63, 3.8) is 0 Å². The van der Waals surface area contributed by atoms with E-state index in [-0.39, 0.29) is 12.5 Å².